The molecule has 1 aliphatic heterocycles. The molecule has 0 unspecified atom stereocenters. The second-order valence-electron chi connectivity index (χ2n) is 9.11. The lowest BCUT2D eigenvalue weighted by atomic mass is 10.1. The predicted octanol–water partition coefficient (Wildman–Crippen LogP) is 4.13. The van der Waals surface area contributed by atoms with Crippen LogP contribution >= 0.6 is 0 Å². The molecule has 3 aromatic carbocycles. The van der Waals surface area contributed by atoms with E-state index < -0.39 is 0 Å². The van der Waals surface area contributed by atoms with Crippen molar-refractivity contribution in [3.63, 3.8) is 0 Å². The van der Waals surface area contributed by atoms with Gasteiger partial charge in [0, 0.05) is 32.7 Å². The fourth-order valence-corrected chi connectivity index (χ4v) is 4.44. The maximum Gasteiger partial charge on any atom is 0.337 e. The normalized spacial score (nSPS) is 14.7. The fraction of sp³-hybridized carbons (Fsp3) is 0.333. The first kappa shape index (κ1) is 26.4. The van der Waals surface area contributed by atoms with Crippen molar-refractivity contribution in [1.29, 1.82) is 0 Å². The number of amides is 1. The maximum absolute atomic E-state index is 12.8. The number of hydrogen-bond donors (Lipinski definition) is 0. The highest BCUT2D eigenvalue weighted by atomic mass is 16.5. The number of esters is 1. The van der Waals surface area contributed by atoms with Crippen molar-refractivity contribution in [1.82, 2.24) is 9.80 Å². The van der Waals surface area contributed by atoms with Crippen molar-refractivity contribution in [3.8, 4) is 5.75 Å². The van der Waals surface area contributed by atoms with Crippen molar-refractivity contribution in [2.75, 3.05) is 46.9 Å². The summed E-state index contributed by atoms with van der Waals surface area (Å²) < 4.78 is 16.6. The summed E-state index contributed by atoms with van der Waals surface area (Å²) in [5.74, 6) is 0.592. The molecule has 1 aliphatic rings. The zero-order valence-corrected chi connectivity index (χ0v) is 21.5. The highest BCUT2D eigenvalue weighted by Crippen LogP contribution is 2.25. The van der Waals surface area contributed by atoms with Crippen molar-refractivity contribution in [2.24, 2.45) is 0 Å². The molecule has 1 fully saturated rings. The van der Waals surface area contributed by atoms with E-state index >= 15 is 0 Å². The van der Waals surface area contributed by atoms with Gasteiger partial charge in [-0.25, -0.2) is 4.79 Å². The number of carbonyl (C=O) groups is 2. The minimum absolute atomic E-state index is 0.168. The molecule has 1 heterocycles. The van der Waals surface area contributed by atoms with Crippen LogP contribution in [0.4, 0.5) is 0 Å². The Balaban J connectivity index is 1.37. The van der Waals surface area contributed by atoms with Gasteiger partial charge in [-0.05, 0) is 41.0 Å². The molecule has 0 spiro atoms. The average molecular weight is 503 g/mol. The van der Waals surface area contributed by atoms with Crippen LogP contribution in [0.3, 0.4) is 0 Å². The highest BCUT2D eigenvalue weighted by Gasteiger charge is 2.24. The van der Waals surface area contributed by atoms with E-state index in [1.54, 1.807) is 19.2 Å². The third-order valence-electron chi connectivity index (χ3n) is 6.64. The van der Waals surface area contributed by atoms with Crippen molar-refractivity contribution in [3.05, 3.63) is 101 Å². The molecule has 0 bridgehead atoms. The van der Waals surface area contributed by atoms with Crippen LogP contribution in [-0.4, -0.2) is 68.6 Å². The van der Waals surface area contributed by atoms with Gasteiger partial charge in [0.15, 0.2) is 0 Å². The van der Waals surface area contributed by atoms with Gasteiger partial charge in [-0.1, -0.05) is 54.6 Å². The number of rotatable bonds is 10. The summed E-state index contributed by atoms with van der Waals surface area (Å²) in [6, 6.07) is 25.1. The third-order valence-corrected chi connectivity index (χ3v) is 6.64. The quantitative estimate of drug-likeness (QED) is 0.389. The van der Waals surface area contributed by atoms with Crippen LogP contribution in [0.2, 0.25) is 0 Å². The Morgan fingerprint density at radius 2 is 1.57 bits per heavy atom. The SMILES string of the molecule is COC(=O)c1ccc(CO[C@H](CN2CCN(C(=O)Cc3ccccc3)CC2)c2cccc(OC)c2)cc1. The standard InChI is InChI=1S/C30H34N2O5/c1-35-27-10-6-9-26(20-27)28(37-22-24-11-13-25(14-12-24)30(34)36-2)21-31-15-17-32(18-16-31)29(33)19-23-7-4-3-5-8-23/h3-14,20,28H,15-19,21-22H2,1-2H3/t28-/m1/s1. The zero-order chi connectivity index (χ0) is 26.0. The molecule has 0 radical (unpaired) electrons. The second-order valence-corrected chi connectivity index (χ2v) is 9.11. The predicted molar refractivity (Wildman–Crippen MR) is 141 cm³/mol. The number of carbonyl (C=O) groups excluding carboxylic acids is 2. The van der Waals surface area contributed by atoms with E-state index in [4.69, 9.17) is 14.2 Å². The minimum Gasteiger partial charge on any atom is -0.497 e. The zero-order valence-electron chi connectivity index (χ0n) is 21.5. The van der Waals surface area contributed by atoms with Crippen LogP contribution in [0.5, 0.6) is 5.75 Å². The smallest absolute Gasteiger partial charge is 0.337 e. The molecule has 1 saturated heterocycles. The lowest BCUT2D eigenvalue weighted by Crippen LogP contribution is -2.50. The lowest BCUT2D eigenvalue weighted by Gasteiger charge is -2.36. The van der Waals surface area contributed by atoms with Crippen LogP contribution in [0.15, 0.2) is 78.9 Å². The van der Waals surface area contributed by atoms with Gasteiger partial charge in [-0.2, -0.15) is 0 Å². The molecule has 0 N–H and O–H groups in total. The second kappa shape index (κ2) is 13.0. The van der Waals surface area contributed by atoms with E-state index in [0.717, 1.165) is 35.5 Å². The molecule has 4 rings (SSSR count). The summed E-state index contributed by atoms with van der Waals surface area (Å²) in [4.78, 5) is 28.8. The van der Waals surface area contributed by atoms with E-state index in [2.05, 4.69) is 4.90 Å². The fourth-order valence-electron chi connectivity index (χ4n) is 4.44. The molecular formula is C30H34N2O5. The molecule has 0 aliphatic carbocycles. The molecule has 1 atom stereocenters. The van der Waals surface area contributed by atoms with E-state index in [1.807, 2.05) is 71.6 Å². The maximum atomic E-state index is 12.8. The Labute approximate surface area is 218 Å². The Kier molecular flexibility index (Phi) is 9.29. The van der Waals surface area contributed by atoms with Crippen LogP contribution in [0.25, 0.3) is 0 Å². The monoisotopic (exact) mass is 502 g/mol. The molecule has 194 valence electrons. The molecule has 7 nitrogen and oxygen atoms in total. The van der Waals surface area contributed by atoms with Crippen molar-refractivity contribution >= 4 is 11.9 Å². The Morgan fingerprint density at radius 3 is 2.24 bits per heavy atom. The number of ether oxygens (including phenoxy) is 3. The van der Waals surface area contributed by atoms with Crippen LogP contribution in [0.1, 0.15) is 33.2 Å². The summed E-state index contributed by atoms with van der Waals surface area (Å²) in [5.41, 5.74) is 3.56. The highest BCUT2D eigenvalue weighted by molar-refractivity contribution is 5.89. The largest absolute Gasteiger partial charge is 0.497 e. The number of nitrogens with zero attached hydrogens (tertiary/aromatic N) is 2. The van der Waals surface area contributed by atoms with Gasteiger partial charge in [0.2, 0.25) is 5.91 Å². The van der Waals surface area contributed by atoms with E-state index in [1.165, 1.54) is 7.11 Å². The van der Waals surface area contributed by atoms with E-state index in [-0.39, 0.29) is 18.0 Å². The Morgan fingerprint density at radius 1 is 0.838 bits per heavy atom. The molecule has 0 saturated carbocycles. The summed E-state index contributed by atoms with van der Waals surface area (Å²) in [6.45, 7) is 4.08. The van der Waals surface area contributed by atoms with Gasteiger partial charge in [-0.3, -0.25) is 9.69 Å². The van der Waals surface area contributed by atoms with Crippen LogP contribution < -0.4 is 4.74 Å². The van der Waals surface area contributed by atoms with E-state index in [9.17, 15) is 9.59 Å². The topological polar surface area (TPSA) is 68.3 Å². The van der Waals surface area contributed by atoms with Gasteiger partial charge in [0.1, 0.15) is 5.75 Å². The van der Waals surface area contributed by atoms with Crippen molar-refractivity contribution in [2.45, 2.75) is 19.1 Å². The molecule has 0 aromatic heterocycles. The lowest BCUT2D eigenvalue weighted by molar-refractivity contribution is -0.132. The van der Waals surface area contributed by atoms with Gasteiger partial charge < -0.3 is 19.1 Å². The first-order chi connectivity index (χ1) is 18.1. The third kappa shape index (κ3) is 7.41. The van der Waals surface area contributed by atoms with Gasteiger partial charge in [0.25, 0.3) is 0 Å². The van der Waals surface area contributed by atoms with Crippen LogP contribution in [-0.2, 0) is 27.3 Å². The van der Waals surface area contributed by atoms with E-state index in [0.29, 0.717) is 38.2 Å². The number of methoxy groups -OCH3 is 2. The molecule has 1 amide bonds. The number of piperazine rings is 1. The number of hydrogen-bond acceptors (Lipinski definition) is 6. The Bertz CT molecular complexity index is 1160. The summed E-state index contributed by atoms with van der Waals surface area (Å²) >= 11 is 0. The van der Waals surface area contributed by atoms with Crippen molar-refractivity contribution < 1.29 is 23.8 Å². The summed E-state index contributed by atoms with van der Waals surface area (Å²) in [6.07, 6.45) is 0.257. The summed E-state index contributed by atoms with van der Waals surface area (Å²) in [7, 11) is 3.03. The first-order valence-corrected chi connectivity index (χ1v) is 12.5. The first-order valence-electron chi connectivity index (χ1n) is 12.5. The Hall–Kier alpha value is -3.68. The molecule has 37 heavy (non-hydrogen) atoms. The summed E-state index contributed by atoms with van der Waals surface area (Å²) in [5, 5.41) is 0. The molecular weight excluding hydrogens is 468 g/mol. The van der Waals surface area contributed by atoms with Gasteiger partial charge in [-0.15, -0.1) is 0 Å². The number of benzene rings is 3. The minimum atomic E-state index is -0.358. The van der Waals surface area contributed by atoms with Gasteiger partial charge >= 0.3 is 5.97 Å². The average Bonchev–Trinajstić information content (AvgIpc) is 2.96. The molecule has 3 aromatic rings. The van der Waals surface area contributed by atoms with Gasteiger partial charge in [0.05, 0.1) is 38.9 Å². The van der Waals surface area contributed by atoms with Crippen LogP contribution in [0, 0.1) is 0 Å². The molecule has 7 heteroatoms.